The summed E-state index contributed by atoms with van der Waals surface area (Å²) in [6.07, 6.45) is 0.575. The zero-order valence-electron chi connectivity index (χ0n) is 30.2. The van der Waals surface area contributed by atoms with Crippen molar-refractivity contribution in [3.05, 3.63) is 60.5 Å². The van der Waals surface area contributed by atoms with E-state index in [2.05, 4.69) is 23.2 Å². The van der Waals surface area contributed by atoms with Crippen molar-refractivity contribution in [1.29, 1.82) is 0 Å². The molecule has 4 aliphatic rings. The van der Waals surface area contributed by atoms with Gasteiger partial charge in [0.15, 0.2) is 11.6 Å². The second-order valence-electron chi connectivity index (χ2n) is 15.3. The molecule has 2 aliphatic heterocycles. The predicted molar refractivity (Wildman–Crippen MR) is 189 cm³/mol. The number of alkyl carbamates (subject to hydrolysis) is 1. The lowest BCUT2D eigenvalue weighted by atomic mass is 9.91. The molecule has 0 radical (unpaired) electrons. The number of Topliss-reactive ketones (excluding diaryl/α,β-unsaturated/α-hetero) is 1. The Morgan fingerprint density at radius 1 is 1.11 bits per heavy atom. The highest BCUT2D eigenvalue weighted by Gasteiger charge is 2.61. The van der Waals surface area contributed by atoms with E-state index in [1.54, 1.807) is 32.9 Å². The van der Waals surface area contributed by atoms with Crippen molar-refractivity contribution in [3.63, 3.8) is 0 Å². The van der Waals surface area contributed by atoms with Gasteiger partial charge in [-0.3, -0.25) is 28.8 Å². The maximum atomic E-state index is 14.4. The first kappa shape index (κ1) is 39.6. The standard InChI is InChI=1S/C37H47FN4O10S/c1-6-23-17-37(23,33(46)40-53(49,50)26-14-15-26)18-31(44)30-16-25(51-35(48)41-19-22-10-8-12-28(38)27(22)21-41)20-42(30)32(45)29(13-9-11-24(43)7-2)39-34(47)52-36(3,4)5/h6-8,10,12,23,25-26,29-30H,1-2,9,11,13-21H2,3-5H3,(H,39,47)(H,40,46)/t23-,25-,29+,30+,37-/m1/s1. The molecule has 2 aliphatic carbocycles. The molecule has 288 valence electrons. The number of rotatable bonds is 15. The van der Waals surface area contributed by atoms with Gasteiger partial charge in [-0.25, -0.2) is 22.4 Å². The Kier molecular flexibility index (Phi) is 11.5. The van der Waals surface area contributed by atoms with Crippen molar-refractivity contribution in [2.75, 3.05) is 6.54 Å². The van der Waals surface area contributed by atoms with Gasteiger partial charge in [-0.2, -0.15) is 0 Å². The molecule has 14 nitrogen and oxygen atoms in total. The van der Waals surface area contributed by atoms with Crippen molar-refractivity contribution in [2.45, 2.75) is 114 Å². The third-order valence-corrected chi connectivity index (χ3v) is 11.9. The number of halogens is 1. The lowest BCUT2D eigenvalue weighted by Gasteiger charge is -2.30. The zero-order chi connectivity index (χ0) is 38.9. The Hall–Kier alpha value is -4.60. The molecule has 2 saturated carbocycles. The largest absolute Gasteiger partial charge is 0.444 e. The number of fused-ring (bicyclic) bond motifs is 1. The molecule has 0 unspecified atom stereocenters. The van der Waals surface area contributed by atoms with Crippen molar-refractivity contribution >= 4 is 45.6 Å². The molecule has 5 atom stereocenters. The summed E-state index contributed by atoms with van der Waals surface area (Å²) in [5.74, 6) is -3.33. The molecule has 53 heavy (non-hydrogen) atoms. The highest BCUT2D eigenvalue weighted by Crippen LogP contribution is 2.57. The van der Waals surface area contributed by atoms with Gasteiger partial charge in [-0.05, 0) is 76.5 Å². The molecule has 3 fully saturated rings. The number of allylic oxidation sites excluding steroid dienone is 2. The Labute approximate surface area is 308 Å². The minimum Gasteiger partial charge on any atom is -0.444 e. The average Bonchev–Trinajstić information content (AvgIpc) is 3.97. The zero-order valence-corrected chi connectivity index (χ0v) is 31.0. The van der Waals surface area contributed by atoms with Gasteiger partial charge in [0, 0.05) is 31.4 Å². The Bertz CT molecular complexity index is 1810. The van der Waals surface area contributed by atoms with Crippen LogP contribution in [-0.4, -0.2) is 89.4 Å². The lowest BCUT2D eigenvalue weighted by Crippen LogP contribution is -2.53. The van der Waals surface area contributed by atoms with Gasteiger partial charge >= 0.3 is 12.2 Å². The fourth-order valence-corrected chi connectivity index (χ4v) is 8.34. The molecule has 5 rings (SSSR count). The number of carbonyl (C=O) groups excluding carboxylic acids is 6. The Balaban J connectivity index is 1.38. The smallest absolute Gasteiger partial charge is 0.410 e. The van der Waals surface area contributed by atoms with Crippen LogP contribution in [0.15, 0.2) is 43.5 Å². The molecular weight excluding hydrogens is 711 g/mol. The number of hydrogen-bond donors (Lipinski definition) is 2. The summed E-state index contributed by atoms with van der Waals surface area (Å²) < 4.78 is 53.0. The topological polar surface area (TPSA) is 186 Å². The number of likely N-dealkylation sites (tertiary alicyclic amines) is 1. The number of ether oxygens (including phenoxy) is 2. The first-order valence-corrected chi connectivity index (χ1v) is 19.3. The van der Waals surface area contributed by atoms with Crippen LogP contribution in [0.1, 0.15) is 83.3 Å². The lowest BCUT2D eigenvalue weighted by molar-refractivity contribution is -0.140. The molecule has 16 heteroatoms. The molecule has 1 saturated heterocycles. The van der Waals surface area contributed by atoms with Crippen LogP contribution in [-0.2, 0) is 51.8 Å². The maximum absolute atomic E-state index is 14.4. The van der Waals surface area contributed by atoms with Gasteiger partial charge in [0.2, 0.25) is 21.8 Å². The van der Waals surface area contributed by atoms with Gasteiger partial charge in [0.25, 0.3) is 0 Å². The minimum atomic E-state index is -3.92. The van der Waals surface area contributed by atoms with Crippen molar-refractivity contribution in [1.82, 2.24) is 19.8 Å². The first-order chi connectivity index (χ1) is 24.9. The number of ketones is 2. The SMILES string of the molecule is C=CC(=O)CCC[C@H](NC(=O)OC(C)(C)C)C(=O)N1C[C@H](OC(=O)N2Cc3cccc(F)c3C2)C[C@H]1C(=O)C[C@]1(C(=O)NS(=O)(=O)C2CC2)C[C@H]1C=C. The number of nitrogens with zero attached hydrogens (tertiary/aromatic N) is 2. The number of sulfonamides is 1. The van der Waals surface area contributed by atoms with Crippen molar-refractivity contribution in [3.8, 4) is 0 Å². The Morgan fingerprint density at radius 2 is 1.83 bits per heavy atom. The minimum absolute atomic E-state index is 0.0129. The van der Waals surface area contributed by atoms with Gasteiger partial charge in [0.05, 0.1) is 29.8 Å². The number of nitrogens with one attached hydrogen (secondary N) is 2. The van der Waals surface area contributed by atoms with E-state index in [9.17, 15) is 41.6 Å². The number of amides is 4. The summed E-state index contributed by atoms with van der Waals surface area (Å²) in [6.45, 7) is 11.9. The quantitative estimate of drug-likeness (QED) is 0.197. The maximum Gasteiger partial charge on any atom is 0.410 e. The van der Waals surface area contributed by atoms with Crippen LogP contribution in [0.2, 0.25) is 0 Å². The summed E-state index contributed by atoms with van der Waals surface area (Å²) in [7, 11) is -3.92. The molecule has 0 bridgehead atoms. The summed E-state index contributed by atoms with van der Waals surface area (Å²) in [5.41, 5.74) is -1.33. The van der Waals surface area contributed by atoms with Crippen molar-refractivity contribution < 1.29 is 51.0 Å². The van der Waals surface area contributed by atoms with E-state index >= 15 is 0 Å². The summed E-state index contributed by atoms with van der Waals surface area (Å²) >= 11 is 0. The van der Waals surface area contributed by atoms with E-state index in [1.807, 2.05) is 0 Å². The summed E-state index contributed by atoms with van der Waals surface area (Å²) in [6, 6.07) is 2.05. The Morgan fingerprint density at radius 3 is 2.43 bits per heavy atom. The molecule has 4 amide bonds. The monoisotopic (exact) mass is 758 g/mol. The van der Waals surface area contributed by atoms with Crippen LogP contribution in [0, 0.1) is 17.2 Å². The van der Waals surface area contributed by atoms with Crippen LogP contribution in [0.25, 0.3) is 0 Å². The number of hydrogen-bond acceptors (Lipinski definition) is 10. The third-order valence-electron chi connectivity index (χ3n) is 10.1. The van der Waals surface area contributed by atoms with Crippen LogP contribution < -0.4 is 10.0 Å². The molecule has 0 aromatic heterocycles. The van der Waals surface area contributed by atoms with E-state index in [1.165, 1.54) is 21.9 Å². The molecule has 2 N–H and O–H groups in total. The highest BCUT2D eigenvalue weighted by atomic mass is 32.2. The molecular formula is C37H47FN4O10S. The van der Waals surface area contributed by atoms with Gasteiger partial charge < -0.3 is 19.7 Å². The summed E-state index contributed by atoms with van der Waals surface area (Å²) in [5, 5.41) is 1.89. The highest BCUT2D eigenvalue weighted by molar-refractivity contribution is 7.90. The number of benzene rings is 1. The fourth-order valence-electron chi connectivity index (χ4n) is 6.96. The first-order valence-electron chi connectivity index (χ1n) is 17.8. The van der Waals surface area contributed by atoms with Crippen LogP contribution in [0.5, 0.6) is 0 Å². The van der Waals surface area contributed by atoms with Crippen LogP contribution in [0.3, 0.4) is 0 Å². The number of carbonyl (C=O) groups is 6. The van der Waals surface area contributed by atoms with E-state index < -0.39 is 92.4 Å². The molecule has 0 spiro atoms. The summed E-state index contributed by atoms with van der Waals surface area (Å²) in [4.78, 5) is 82.7. The van der Waals surface area contributed by atoms with Gasteiger partial charge in [0.1, 0.15) is 23.6 Å². The molecule has 1 aromatic carbocycles. The van der Waals surface area contributed by atoms with Crippen LogP contribution >= 0.6 is 0 Å². The average molecular weight is 759 g/mol. The molecule has 1 aromatic rings. The van der Waals surface area contributed by atoms with E-state index in [0.29, 0.717) is 24.0 Å². The van der Waals surface area contributed by atoms with Crippen molar-refractivity contribution in [2.24, 2.45) is 11.3 Å². The fraction of sp³-hybridized carbons (Fsp3) is 0.568. The second-order valence-corrected chi connectivity index (χ2v) is 17.2. The van der Waals surface area contributed by atoms with E-state index in [4.69, 9.17) is 9.47 Å². The second kappa shape index (κ2) is 15.4. The van der Waals surface area contributed by atoms with Crippen LogP contribution in [0.4, 0.5) is 14.0 Å². The third kappa shape index (κ3) is 9.32. The van der Waals surface area contributed by atoms with E-state index in [0.717, 1.165) is 6.08 Å². The van der Waals surface area contributed by atoms with E-state index in [-0.39, 0.29) is 57.5 Å². The normalized spacial score (nSPS) is 24.0. The van der Waals surface area contributed by atoms with Gasteiger partial charge in [-0.15, -0.1) is 6.58 Å². The predicted octanol–water partition coefficient (Wildman–Crippen LogP) is 3.83. The van der Waals surface area contributed by atoms with Gasteiger partial charge in [-0.1, -0.05) is 24.8 Å². The molecule has 2 heterocycles.